The Morgan fingerprint density at radius 3 is 2.65 bits per heavy atom. The van der Waals surface area contributed by atoms with Gasteiger partial charge in [0, 0.05) is 17.0 Å². The molecule has 20 heavy (non-hydrogen) atoms. The molecule has 0 aliphatic carbocycles. The van der Waals surface area contributed by atoms with Crippen LogP contribution in [0.1, 0.15) is 28.8 Å². The van der Waals surface area contributed by atoms with Crippen LogP contribution in [0, 0.1) is 13.8 Å². The van der Waals surface area contributed by atoms with Gasteiger partial charge in [-0.1, -0.05) is 12.1 Å². The Hall–Kier alpha value is -1.18. The molecule has 0 fully saturated rings. The van der Waals surface area contributed by atoms with Gasteiger partial charge in [-0.2, -0.15) is 0 Å². The summed E-state index contributed by atoms with van der Waals surface area (Å²) in [6.07, 6.45) is 1.42. The van der Waals surface area contributed by atoms with Crippen molar-refractivity contribution in [1.82, 2.24) is 9.88 Å². The highest BCUT2D eigenvalue weighted by atomic mass is 32.2. The Morgan fingerprint density at radius 2 is 2.10 bits per heavy atom. The van der Waals surface area contributed by atoms with Crippen LogP contribution in [0.5, 0.6) is 0 Å². The van der Waals surface area contributed by atoms with E-state index in [0.717, 1.165) is 28.3 Å². The summed E-state index contributed by atoms with van der Waals surface area (Å²) >= 11 is 1.31. The summed E-state index contributed by atoms with van der Waals surface area (Å²) in [7, 11) is -3.41. The molecule has 110 valence electrons. The summed E-state index contributed by atoms with van der Waals surface area (Å²) in [4.78, 5) is 1.07. The van der Waals surface area contributed by atoms with E-state index in [0.29, 0.717) is 17.2 Å². The van der Waals surface area contributed by atoms with E-state index >= 15 is 0 Å². The van der Waals surface area contributed by atoms with E-state index in [1.165, 1.54) is 11.3 Å². The maximum atomic E-state index is 12.1. The maximum absolute atomic E-state index is 12.1. The van der Waals surface area contributed by atoms with Crippen LogP contribution in [-0.2, 0) is 22.9 Å². The minimum atomic E-state index is -3.41. The van der Waals surface area contributed by atoms with E-state index in [-0.39, 0.29) is 0 Å². The molecule has 7 heteroatoms. The Morgan fingerprint density at radius 1 is 1.35 bits per heavy atom. The molecule has 0 atom stereocenters. The highest BCUT2D eigenvalue weighted by Gasteiger charge is 2.17. The fraction of sp³-hybridized carbons (Fsp3) is 0.462. The molecule has 1 N–H and O–H groups in total. The molecule has 0 amide bonds. The number of thiophene rings is 1. The van der Waals surface area contributed by atoms with Crippen molar-refractivity contribution in [2.24, 2.45) is 0 Å². The molecule has 0 aromatic carbocycles. The Balaban J connectivity index is 1.99. The SMILES string of the molecule is CCc1ccc(S(=O)(=O)NCCc2c(C)noc2C)s1. The van der Waals surface area contributed by atoms with Crippen molar-refractivity contribution in [3.05, 3.63) is 34.0 Å². The number of aryl methyl sites for hydroxylation is 3. The zero-order valence-electron chi connectivity index (χ0n) is 11.8. The third-order valence-electron chi connectivity index (χ3n) is 3.10. The molecule has 0 unspecified atom stereocenters. The van der Waals surface area contributed by atoms with E-state index in [9.17, 15) is 8.42 Å². The van der Waals surface area contributed by atoms with Crippen molar-refractivity contribution in [1.29, 1.82) is 0 Å². The highest BCUT2D eigenvalue weighted by molar-refractivity contribution is 7.91. The van der Waals surface area contributed by atoms with Gasteiger partial charge >= 0.3 is 0 Å². The number of nitrogens with one attached hydrogen (secondary N) is 1. The molecule has 0 saturated carbocycles. The third kappa shape index (κ3) is 3.28. The van der Waals surface area contributed by atoms with Crippen molar-refractivity contribution in [2.75, 3.05) is 6.54 Å². The summed E-state index contributed by atoms with van der Waals surface area (Å²) < 4.78 is 32.3. The average Bonchev–Trinajstić information content (AvgIpc) is 3.00. The largest absolute Gasteiger partial charge is 0.361 e. The number of hydrogen-bond donors (Lipinski definition) is 1. The van der Waals surface area contributed by atoms with Crippen molar-refractivity contribution < 1.29 is 12.9 Å². The van der Waals surface area contributed by atoms with Gasteiger partial charge in [0.25, 0.3) is 0 Å². The predicted octanol–water partition coefficient (Wildman–Crippen LogP) is 2.44. The molecular weight excluding hydrogens is 296 g/mol. The zero-order valence-corrected chi connectivity index (χ0v) is 13.4. The lowest BCUT2D eigenvalue weighted by atomic mass is 10.1. The van der Waals surface area contributed by atoms with Gasteiger partial charge in [0.15, 0.2) is 0 Å². The smallest absolute Gasteiger partial charge is 0.250 e. The topological polar surface area (TPSA) is 72.2 Å². The summed E-state index contributed by atoms with van der Waals surface area (Å²) in [5.41, 5.74) is 1.78. The van der Waals surface area contributed by atoms with Crippen LogP contribution in [0.15, 0.2) is 20.9 Å². The number of sulfonamides is 1. The molecule has 2 rings (SSSR count). The molecule has 0 aliphatic rings. The van der Waals surface area contributed by atoms with E-state index in [1.807, 2.05) is 26.8 Å². The third-order valence-corrected chi connectivity index (χ3v) is 6.28. The molecule has 2 aromatic heterocycles. The summed E-state index contributed by atoms with van der Waals surface area (Å²) in [6.45, 7) is 6.03. The monoisotopic (exact) mass is 314 g/mol. The second-order valence-corrected chi connectivity index (χ2v) is 7.69. The minimum absolute atomic E-state index is 0.338. The van der Waals surface area contributed by atoms with Gasteiger partial charge in [0.05, 0.1) is 5.69 Å². The lowest BCUT2D eigenvalue weighted by Crippen LogP contribution is -2.25. The van der Waals surface area contributed by atoms with Gasteiger partial charge in [-0.15, -0.1) is 11.3 Å². The van der Waals surface area contributed by atoms with Gasteiger partial charge in [-0.25, -0.2) is 13.1 Å². The fourth-order valence-electron chi connectivity index (χ4n) is 1.93. The molecule has 2 aromatic rings. The molecular formula is C13H18N2O3S2. The van der Waals surface area contributed by atoms with Crippen LogP contribution in [-0.4, -0.2) is 20.1 Å². The molecule has 2 heterocycles. The van der Waals surface area contributed by atoms with E-state index in [1.54, 1.807) is 6.07 Å². The van der Waals surface area contributed by atoms with Crippen molar-refractivity contribution in [3.63, 3.8) is 0 Å². The second kappa shape index (κ2) is 6.07. The lowest BCUT2D eigenvalue weighted by molar-refractivity contribution is 0.392. The number of hydrogen-bond acceptors (Lipinski definition) is 5. The first-order valence-corrected chi connectivity index (χ1v) is 8.74. The number of nitrogens with zero attached hydrogens (tertiary/aromatic N) is 1. The highest BCUT2D eigenvalue weighted by Crippen LogP contribution is 2.21. The Labute approximate surface area is 123 Å². The van der Waals surface area contributed by atoms with Gasteiger partial charge < -0.3 is 4.52 Å². The standard InChI is InChI=1S/C13H18N2O3S2/c1-4-11-5-6-13(19-11)20(16,17)14-8-7-12-9(2)15-18-10(12)3/h5-6,14H,4,7-8H2,1-3H3. The van der Waals surface area contributed by atoms with Gasteiger partial charge in [0.2, 0.25) is 10.0 Å². The van der Waals surface area contributed by atoms with Crippen LogP contribution >= 0.6 is 11.3 Å². The van der Waals surface area contributed by atoms with Crippen molar-refractivity contribution >= 4 is 21.4 Å². The minimum Gasteiger partial charge on any atom is -0.361 e. The molecule has 0 bridgehead atoms. The predicted molar refractivity (Wildman–Crippen MR) is 78.6 cm³/mol. The summed E-state index contributed by atoms with van der Waals surface area (Å²) in [5, 5.41) is 3.85. The lowest BCUT2D eigenvalue weighted by Gasteiger charge is -2.04. The summed E-state index contributed by atoms with van der Waals surface area (Å²) in [5.74, 6) is 0.742. The first-order chi connectivity index (χ1) is 9.44. The van der Waals surface area contributed by atoms with Crippen LogP contribution in [0.4, 0.5) is 0 Å². The van der Waals surface area contributed by atoms with Gasteiger partial charge in [-0.05, 0) is 38.8 Å². The normalized spacial score (nSPS) is 11.9. The Bertz CT molecular complexity index is 667. The average molecular weight is 314 g/mol. The fourth-order valence-corrected chi connectivity index (χ4v) is 4.30. The molecule has 0 saturated heterocycles. The van der Waals surface area contributed by atoms with Crippen LogP contribution < -0.4 is 4.72 Å². The van der Waals surface area contributed by atoms with Crippen LogP contribution in [0.2, 0.25) is 0 Å². The molecule has 5 nitrogen and oxygen atoms in total. The molecule has 0 spiro atoms. The number of rotatable bonds is 6. The Kier molecular flexibility index (Phi) is 4.62. The van der Waals surface area contributed by atoms with Crippen molar-refractivity contribution in [3.8, 4) is 0 Å². The van der Waals surface area contributed by atoms with Gasteiger partial charge in [0.1, 0.15) is 9.97 Å². The van der Waals surface area contributed by atoms with E-state index in [4.69, 9.17) is 4.52 Å². The molecule has 0 aliphatic heterocycles. The first kappa shape index (κ1) is 15.2. The maximum Gasteiger partial charge on any atom is 0.250 e. The van der Waals surface area contributed by atoms with E-state index in [2.05, 4.69) is 9.88 Å². The van der Waals surface area contributed by atoms with Crippen LogP contribution in [0.3, 0.4) is 0 Å². The molecule has 0 radical (unpaired) electrons. The van der Waals surface area contributed by atoms with Crippen LogP contribution in [0.25, 0.3) is 0 Å². The first-order valence-electron chi connectivity index (χ1n) is 6.44. The summed E-state index contributed by atoms with van der Waals surface area (Å²) in [6, 6.07) is 3.51. The van der Waals surface area contributed by atoms with Gasteiger partial charge in [-0.3, -0.25) is 0 Å². The zero-order chi connectivity index (χ0) is 14.8. The number of aromatic nitrogens is 1. The quantitative estimate of drug-likeness (QED) is 0.889. The van der Waals surface area contributed by atoms with Crippen molar-refractivity contribution in [2.45, 2.75) is 37.8 Å². The van der Waals surface area contributed by atoms with E-state index < -0.39 is 10.0 Å². The second-order valence-electron chi connectivity index (χ2n) is 4.52.